The van der Waals surface area contributed by atoms with Crippen molar-refractivity contribution < 1.29 is 14.3 Å². The lowest BCUT2D eigenvalue weighted by Gasteiger charge is -2.10. The maximum atomic E-state index is 12.2. The first-order chi connectivity index (χ1) is 12.2. The molecular formula is C19H15ClN2O3. The summed E-state index contributed by atoms with van der Waals surface area (Å²) in [5, 5.41) is 3.26. The van der Waals surface area contributed by atoms with E-state index in [9.17, 15) is 4.79 Å². The molecule has 1 N–H and O–H groups in total. The van der Waals surface area contributed by atoms with Gasteiger partial charge in [0, 0.05) is 16.7 Å². The molecule has 1 heterocycles. The third-order valence-electron chi connectivity index (χ3n) is 3.36. The largest absolute Gasteiger partial charge is 0.493 e. The van der Waals surface area contributed by atoms with Crippen LogP contribution in [0, 0.1) is 0 Å². The molecule has 0 aliphatic heterocycles. The third kappa shape index (κ3) is 4.28. The van der Waals surface area contributed by atoms with Gasteiger partial charge in [0.05, 0.1) is 19.0 Å². The molecule has 0 saturated heterocycles. The fourth-order valence-corrected chi connectivity index (χ4v) is 2.35. The SMILES string of the molecule is COc1ccccc1Oc1ccc(NC(=O)c2cccc(Cl)c2)cn1. The molecule has 2 aromatic carbocycles. The summed E-state index contributed by atoms with van der Waals surface area (Å²) in [5.41, 5.74) is 1.03. The van der Waals surface area contributed by atoms with Gasteiger partial charge in [-0.15, -0.1) is 0 Å². The lowest BCUT2D eigenvalue weighted by atomic mass is 10.2. The molecule has 0 aliphatic carbocycles. The van der Waals surface area contributed by atoms with E-state index in [1.54, 1.807) is 55.6 Å². The Morgan fingerprint density at radius 1 is 1.04 bits per heavy atom. The maximum absolute atomic E-state index is 12.2. The van der Waals surface area contributed by atoms with Crippen molar-refractivity contribution in [2.75, 3.05) is 12.4 Å². The summed E-state index contributed by atoms with van der Waals surface area (Å²) in [6.07, 6.45) is 1.52. The summed E-state index contributed by atoms with van der Waals surface area (Å²) in [4.78, 5) is 16.4. The van der Waals surface area contributed by atoms with Crippen molar-refractivity contribution in [1.82, 2.24) is 4.98 Å². The van der Waals surface area contributed by atoms with E-state index in [2.05, 4.69) is 10.3 Å². The van der Waals surface area contributed by atoms with Gasteiger partial charge in [0.2, 0.25) is 5.88 Å². The van der Waals surface area contributed by atoms with Crippen LogP contribution in [-0.2, 0) is 0 Å². The molecule has 0 aliphatic rings. The number of ether oxygens (including phenoxy) is 2. The summed E-state index contributed by atoms with van der Waals surface area (Å²) in [6, 6.07) is 17.4. The molecule has 6 heteroatoms. The number of rotatable bonds is 5. The van der Waals surface area contributed by atoms with Gasteiger partial charge in [-0.2, -0.15) is 0 Å². The smallest absolute Gasteiger partial charge is 0.255 e. The molecule has 0 fully saturated rings. The molecule has 1 amide bonds. The number of halogens is 1. The Kier molecular flexibility index (Phi) is 5.16. The second-order valence-electron chi connectivity index (χ2n) is 5.10. The van der Waals surface area contributed by atoms with E-state index in [1.807, 2.05) is 12.1 Å². The van der Waals surface area contributed by atoms with Gasteiger partial charge >= 0.3 is 0 Å². The van der Waals surface area contributed by atoms with Crippen molar-refractivity contribution >= 4 is 23.2 Å². The zero-order valence-electron chi connectivity index (χ0n) is 13.4. The summed E-state index contributed by atoms with van der Waals surface area (Å²) in [5.74, 6) is 1.31. The quantitative estimate of drug-likeness (QED) is 0.715. The standard InChI is InChI=1S/C19H15ClN2O3/c1-24-16-7-2-3-8-17(16)25-18-10-9-15(12-21-18)22-19(23)13-5-4-6-14(20)11-13/h2-12H,1H3,(H,22,23). The molecule has 1 aromatic heterocycles. The fraction of sp³-hybridized carbons (Fsp3) is 0.0526. The van der Waals surface area contributed by atoms with Crippen molar-refractivity contribution in [3.05, 3.63) is 77.4 Å². The normalized spacial score (nSPS) is 10.2. The first-order valence-electron chi connectivity index (χ1n) is 7.49. The van der Waals surface area contributed by atoms with E-state index >= 15 is 0 Å². The lowest BCUT2D eigenvalue weighted by Crippen LogP contribution is -2.11. The van der Waals surface area contributed by atoms with Gasteiger partial charge < -0.3 is 14.8 Å². The highest BCUT2D eigenvalue weighted by atomic mass is 35.5. The molecule has 3 rings (SSSR count). The van der Waals surface area contributed by atoms with Gasteiger partial charge in [-0.3, -0.25) is 4.79 Å². The Morgan fingerprint density at radius 3 is 2.52 bits per heavy atom. The number of nitrogens with zero attached hydrogens (tertiary/aromatic N) is 1. The molecular weight excluding hydrogens is 340 g/mol. The number of benzene rings is 2. The predicted molar refractivity (Wildman–Crippen MR) is 96.7 cm³/mol. The van der Waals surface area contributed by atoms with Crippen LogP contribution in [0.3, 0.4) is 0 Å². The van der Waals surface area contributed by atoms with Crippen LogP contribution in [0.4, 0.5) is 5.69 Å². The van der Waals surface area contributed by atoms with Gasteiger partial charge in [-0.25, -0.2) is 4.98 Å². The Morgan fingerprint density at radius 2 is 1.84 bits per heavy atom. The molecule has 0 radical (unpaired) electrons. The van der Waals surface area contributed by atoms with Crippen LogP contribution in [0.1, 0.15) is 10.4 Å². The number of aromatic nitrogens is 1. The predicted octanol–water partition coefficient (Wildman–Crippen LogP) is 4.79. The second-order valence-corrected chi connectivity index (χ2v) is 5.54. The summed E-state index contributed by atoms with van der Waals surface area (Å²) in [7, 11) is 1.57. The average molecular weight is 355 g/mol. The number of anilines is 1. The van der Waals surface area contributed by atoms with Crippen LogP contribution in [-0.4, -0.2) is 18.0 Å². The number of carbonyl (C=O) groups excluding carboxylic acids is 1. The summed E-state index contributed by atoms with van der Waals surface area (Å²) < 4.78 is 10.9. The first-order valence-corrected chi connectivity index (χ1v) is 7.87. The number of amides is 1. The number of carbonyl (C=O) groups is 1. The van der Waals surface area contributed by atoms with Crippen molar-refractivity contribution in [3.63, 3.8) is 0 Å². The Labute approximate surface area is 150 Å². The fourth-order valence-electron chi connectivity index (χ4n) is 2.16. The molecule has 0 bridgehead atoms. The summed E-state index contributed by atoms with van der Waals surface area (Å²) in [6.45, 7) is 0. The van der Waals surface area contributed by atoms with Gasteiger partial charge in [0.1, 0.15) is 0 Å². The van der Waals surface area contributed by atoms with Gasteiger partial charge in [-0.05, 0) is 36.4 Å². The minimum absolute atomic E-state index is 0.261. The minimum Gasteiger partial charge on any atom is -0.493 e. The van der Waals surface area contributed by atoms with Gasteiger partial charge in [0.15, 0.2) is 11.5 Å². The van der Waals surface area contributed by atoms with Crippen LogP contribution >= 0.6 is 11.6 Å². The maximum Gasteiger partial charge on any atom is 0.255 e. The molecule has 5 nitrogen and oxygen atoms in total. The van der Waals surface area contributed by atoms with Crippen molar-refractivity contribution in [3.8, 4) is 17.4 Å². The molecule has 0 atom stereocenters. The highest BCUT2D eigenvalue weighted by Crippen LogP contribution is 2.30. The second kappa shape index (κ2) is 7.68. The molecule has 0 saturated carbocycles. The molecule has 3 aromatic rings. The van der Waals surface area contributed by atoms with E-state index in [0.717, 1.165) is 0 Å². The van der Waals surface area contributed by atoms with E-state index in [-0.39, 0.29) is 5.91 Å². The van der Waals surface area contributed by atoms with Gasteiger partial charge in [0.25, 0.3) is 5.91 Å². The van der Waals surface area contributed by atoms with Crippen molar-refractivity contribution in [1.29, 1.82) is 0 Å². The number of para-hydroxylation sites is 2. The number of hydrogen-bond donors (Lipinski definition) is 1. The van der Waals surface area contributed by atoms with Gasteiger partial charge in [-0.1, -0.05) is 29.8 Å². The topological polar surface area (TPSA) is 60.5 Å². The van der Waals surface area contributed by atoms with Crippen LogP contribution in [0.5, 0.6) is 17.4 Å². The Bertz CT molecular complexity index is 882. The number of methoxy groups -OCH3 is 1. The van der Waals surface area contributed by atoms with Crippen LogP contribution in [0.2, 0.25) is 5.02 Å². The highest BCUT2D eigenvalue weighted by Gasteiger charge is 2.08. The van der Waals surface area contributed by atoms with E-state index in [0.29, 0.717) is 33.7 Å². The number of nitrogens with one attached hydrogen (secondary N) is 1. The number of hydrogen-bond acceptors (Lipinski definition) is 4. The van der Waals surface area contributed by atoms with E-state index in [4.69, 9.17) is 21.1 Å². The molecule has 0 unspecified atom stereocenters. The number of pyridine rings is 1. The zero-order chi connectivity index (χ0) is 17.6. The van der Waals surface area contributed by atoms with Crippen LogP contribution in [0.25, 0.3) is 0 Å². The van der Waals surface area contributed by atoms with Crippen LogP contribution in [0.15, 0.2) is 66.9 Å². The third-order valence-corrected chi connectivity index (χ3v) is 3.60. The highest BCUT2D eigenvalue weighted by molar-refractivity contribution is 6.31. The van der Waals surface area contributed by atoms with Crippen molar-refractivity contribution in [2.24, 2.45) is 0 Å². The molecule has 126 valence electrons. The lowest BCUT2D eigenvalue weighted by molar-refractivity contribution is 0.102. The van der Waals surface area contributed by atoms with E-state index in [1.165, 1.54) is 6.20 Å². The van der Waals surface area contributed by atoms with Crippen molar-refractivity contribution in [2.45, 2.75) is 0 Å². The monoisotopic (exact) mass is 354 g/mol. The van der Waals surface area contributed by atoms with E-state index < -0.39 is 0 Å². The average Bonchev–Trinajstić information content (AvgIpc) is 2.64. The first kappa shape index (κ1) is 16.8. The zero-order valence-corrected chi connectivity index (χ0v) is 14.2. The Balaban J connectivity index is 1.69. The van der Waals surface area contributed by atoms with Crippen LogP contribution < -0.4 is 14.8 Å². The minimum atomic E-state index is -0.261. The summed E-state index contributed by atoms with van der Waals surface area (Å²) >= 11 is 5.90. The molecule has 25 heavy (non-hydrogen) atoms. The Hall–Kier alpha value is -3.05. The molecule has 0 spiro atoms.